The molecule has 4 nitrogen and oxygen atoms in total. The quantitative estimate of drug-likeness (QED) is 0.723. The maximum Gasteiger partial charge on any atom is 0.255 e. The Morgan fingerprint density at radius 3 is 2.78 bits per heavy atom. The third-order valence-electron chi connectivity index (χ3n) is 3.98. The summed E-state index contributed by atoms with van der Waals surface area (Å²) in [5.41, 5.74) is 0.899. The number of halogens is 1. The van der Waals surface area contributed by atoms with E-state index in [2.05, 4.69) is 15.5 Å². The van der Waals surface area contributed by atoms with Crippen LogP contribution in [0.25, 0.3) is 0 Å². The molecular formula is C13H16FN3O. The number of carbonyl (C=O) groups is 1. The Morgan fingerprint density at radius 1 is 1.33 bits per heavy atom. The number of hydrogen-bond acceptors (Lipinski definition) is 3. The van der Waals surface area contributed by atoms with E-state index in [1.54, 1.807) is 6.07 Å². The van der Waals surface area contributed by atoms with E-state index in [1.807, 2.05) is 7.05 Å². The van der Waals surface area contributed by atoms with Gasteiger partial charge in [-0.05, 0) is 31.3 Å². The highest BCUT2D eigenvalue weighted by atomic mass is 19.1. The summed E-state index contributed by atoms with van der Waals surface area (Å²) in [4.78, 5) is 14.2. The second kappa shape index (κ2) is 3.95. The molecule has 2 heterocycles. The van der Waals surface area contributed by atoms with E-state index in [4.69, 9.17) is 0 Å². The fourth-order valence-corrected chi connectivity index (χ4v) is 2.88. The van der Waals surface area contributed by atoms with Gasteiger partial charge in [-0.15, -0.1) is 0 Å². The Kier molecular flexibility index (Phi) is 2.52. The van der Waals surface area contributed by atoms with Crippen molar-refractivity contribution in [3.8, 4) is 0 Å². The molecule has 5 heteroatoms. The van der Waals surface area contributed by atoms with Gasteiger partial charge in [0.05, 0.1) is 11.3 Å². The number of hydrogen-bond donors (Lipinski definition) is 2. The highest BCUT2D eigenvalue weighted by Crippen LogP contribution is 2.34. The van der Waals surface area contributed by atoms with E-state index in [-0.39, 0.29) is 17.4 Å². The Hall–Kier alpha value is -1.62. The van der Waals surface area contributed by atoms with Gasteiger partial charge in [0, 0.05) is 19.9 Å². The molecule has 1 fully saturated rings. The molecule has 0 radical (unpaired) electrons. The molecular weight excluding hydrogens is 233 g/mol. The first-order chi connectivity index (χ1) is 8.62. The number of anilines is 1. The Balaban J connectivity index is 2.06. The summed E-state index contributed by atoms with van der Waals surface area (Å²) in [6.07, 6.45) is 1.71. The first-order valence-electron chi connectivity index (χ1n) is 6.19. The van der Waals surface area contributed by atoms with Gasteiger partial charge in [-0.3, -0.25) is 4.79 Å². The lowest BCUT2D eigenvalue weighted by atomic mass is 9.91. The molecule has 2 aliphatic rings. The Bertz CT molecular complexity index is 497. The summed E-state index contributed by atoms with van der Waals surface area (Å²) in [5.74, 6) is -0.553. The van der Waals surface area contributed by atoms with Crippen LogP contribution in [0.3, 0.4) is 0 Å². The van der Waals surface area contributed by atoms with Crippen molar-refractivity contribution < 1.29 is 9.18 Å². The van der Waals surface area contributed by atoms with Crippen molar-refractivity contribution in [2.24, 2.45) is 0 Å². The third-order valence-corrected chi connectivity index (χ3v) is 3.98. The predicted octanol–water partition coefficient (Wildman–Crippen LogP) is 1.08. The summed E-state index contributed by atoms with van der Waals surface area (Å²) < 4.78 is 13.2. The summed E-state index contributed by atoms with van der Waals surface area (Å²) in [6, 6.07) is 4.39. The van der Waals surface area contributed by atoms with Crippen LogP contribution in [0, 0.1) is 5.82 Å². The number of piperidine rings is 1. The minimum absolute atomic E-state index is 0.176. The average molecular weight is 249 g/mol. The van der Waals surface area contributed by atoms with E-state index in [1.165, 1.54) is 12.1 Å². The van der Waals surface area contributed by atoms with Crippen LogP contribution < -0.4 is 15.5 Å². The second-order valence-electron chi connectivity index (χ2n) is 4.96. The van der Waals surface area contributed by atoms with Crippen LogP contribution in [0.15, 0.2) is 18.2 Å². The molecule has 1 saturated heterocycles. The van der Waals surface area contributed by atoms with Crippen LogP contribution in [-0.2, 0) is 0 Å². The van der Waals surface area contributed by atoms with Crippen molar-refractivity contribution in [1.82, 2.24) is 10.6 Å². The maximum atomic E-state index is 13.2. The molecule has 18 heavy (non-hydrogen) atoms. The van der Waals surface area contributed by atoms with Gasteiger partial charge in [-0.25, -0.2) is 4.39 Å². The van der Waals surface area contributed by atoms with Gasteiger partial charge in [0.1, 0.15) is 11.5 Å². The van der Waals surface area contributed by atoms with Gasteiger partial charge < -0.3 is 15.5 Å². The van der Waals surface area contributed by atoms with Crippen LogP contribution in [0.2, 0.25) is 0 Å². The molecule has 0 aromatic heterocycles. The number of nitrogens with zero attached hydrogens (tertiary/aromatic N) is 1. The van der Waals surface area contributed by atoms with Crippen LogP contribution in [0.5, 0.6) is 0 Å². The second-order valence-corrected chi connectivity index (χ2v) is 4.96. The van der Waals surface area contributed by atoms with Crippen molar-refractivity contribution >= 4 is 11.6 Å². The van der Waals surface area contributed by atoms with Crippen molar-refractivity contribution in [3.05, 3.63) is 29.6 Å². The Labute approximate surface area is 105 Å². The summed E-state index contributed by atoms with van der Waals surface area (Å²) in [7, 11) is 1.96. The lowest BCUT2D eigenvalue weighted by Crippen LogP contribution is -2.66. The van der Waals surface area contributed by atoms with Gasteiger partial charge >= 0.3 is 0 Å². The molecule has 1 spiro atoms. The number of amides is 1. The first kappa shape index (κ1) is 11.5. The van der Waals surface area contributed by atoms with E-state index >= 15 is 0 Å². The highest BCUT2D eigenvalue weighted by Gasteiger charge is 2.42. The van der Waals surface area contributed by atoms with Gasteiger partial charge in [0.25, 0.3) is 5.91 Å². The Morgan fingerprint density at radius 2 is 2.06 bits per heavy atom. The lowest BCUT2D eigenvalue weighted by Gasteiger charge is -2.49. The highest BCUT2D eigenvalue weighted by molar-refractivity contribution is 6.02. The van der Waals surface area contributed by atoms with Crippen LogP contribution in [0.1, 0.15) is 23.2 Å². The topological polar surface area (TPSA) is 44.4 Å². The molecule has 1 amide bonds. The van der Waals surface area contributed by atoms with E-state index < -0.39 is 0 Å². The lowest BCUT2D eigenvalue weighted by molar-refractivity contribution is 0.0856. The van der Waals surface area contributed by atoms with Crippen LogP contribution in [0.4, 0.5) is 10.1 Å². The summed E-state index contributed by atoms with van der Waals surface area (Å²) >= 11 is 0. The number of fused-ring (bicyclic) bond motifs is 1. The normalized spacial score (nSPS) is 21.7. The zero-order valence-corrected chi connectivity index (χ0v) is 10.3. The van der Waals surface area contributed by atoms with E-state index in [0.717, 1.165) is 31.6 Å². The largest absolute Gasteiger partial charge is 0.351 e. The molecule has 1 aromatic carbocycles. The van der Waals surface area contributed by atoms with Crippen molar-refractivity contribution in [2.45, 2.75) is 18.5 Å². The third kappa shape index (κ3) is 1.58. The minimum Gasteiger partial charge on any atom is -0.351 e. The van der Waals surface area contributed by atoms with Gasteiger partial charge in [-0.1, -0.05) is 0 Å². The molecule has 96 valence electrons. The fraction of sp³-hybridized carbons (Fsp3) is 0.462. The average Bonchev–Trinajstić information content (AvgIpc) is 2.37. The van der Waals surface area contributed by atoms with Gasteiger partial charge in [-0.2, -0.15) is 0 Å². The number of benzene rings is 1. The first-order valence-corrected chi connectivity index (χ1v) is 6.19. The zero-order chi connectivity index (χ0) is 12.8. The van der Waals surface area contributed by atoms with Crippen LogP contribution in [-0.4, -0.2) is 31.7 Å². The SMILES string of the molecule is CN1c2ccc(F)cc2C(=O)NC12CCNCC2. The van der Waals surface area contributed by atoms with Gasteiger partial charge in [0.2, 0.25) is 0 Å². The van der Waals surface area contributed by atoms with E-state index in [0.29, 0.717) is 5.56 Å². The molecule has 0 bridgehead atoms. The number of carbonyl (C=O) groups excluding carboxylic acids is 1. The van der Waals surface area contributed by atoms with E-state index in [9.17, 15) is 9.18 Å². The number of nitrogens with one attached hydrogen (secondary N) is 2. The number of rotatable bonds is 0. The van der Waals surface area contributed by atoms with Crippen molar-refractivity contribution in [1.29, 1.82) is 0 Å². The van der Waals surface area contributed by atoms with Crippen LogP contribution >= 0.6 is 0 Å². The molecule has 1 aromatic rings. The summed E-state index contributed by atoms with van der Waals surface area (Å²) in [6.45, 7) is 1.75. The van der Waals surface area contributed by atoms with Crippen molar-refractivity contribution in [2.75, 3.05) is 25.0 Å². The minimum atomic E-state index is -0.376. The fourth-order valence-electron chi connectivity index (χ4n) is 2.88. The zero-order valence-electron chi connectivity index (χ0n) is 10.3. The molecule has 0 saturated carbocycles. The molecule has 3 rings (SSSR count). The standard InChI is InChI=1S/C13H16FN3O/c1-17-11-3-2-9(14)8-10(11)12(18)16-13(17)4-6-15-7-5-13/h2-3,8,15H,4-7H2,1H3,(H,16,18). The van der Waals surface area contributed by atoms with Gasteiger partial charge in [0.15, 0.2) is 0 Å². The molecule has 2 N–H and O–H groups in total. The predicted molar refractivity (Wildman–Crippen MR) is 67.1 cm³/mol. The maximum absolute atomic E-state index is 13.2. The monoisotopic (exact) mass is 249 g/mol. The molecule has 2 aliphatic heterocycles. The molecule has 0 aliphatic carbocycles. The summed E-state index contributed by atoms with van der Waals surface area (Å²) in [5, 5.41) is 6.33. The van der Waals surface area contributed by atoms with Crippen molar-refractivity contribution in [3.63, 3.8) is 0 Å². The molecule has 0 atom stereocenters. The molecule has 0 unspecified atom stereocenters. The smallest absolute Gasteiger partial charge is 0.255 e.